The number of halogens is 4. The van der Waals surface area contributed by atoms with Gasteiger partial charge in [-0.15, -0.1) is 0 Å². The van der Waals surface area contributed by atoms with Crippen molar-refractivity contribution in [3.8, 4) is 5.75 Å². The minimum Gasteiger partial charge on any atom is -0.497 e. The molecule has 0 bridgehead atoms. The summed E-state index contributed by atoms with van der Waals surface area (Å²) in [6.07, 6.45) is -3.66. The fourth-order valence-electron chi connectivity index (χ4n) is 2.14. The Morgan fingerprint density at radius 1 is 1.07 bits per heavy atom. The van der Waals surface area contributed by atoms with Crippen molar-refractivity contribution in [2.75, 3.05) is 18.6 Å². The Balaban J connectivity index is 2.27. The molecule has 0 spiro atoms. The molecule has 0 aliphatic rings. The number of nitrogens with zero attached hydrogens (tertiary/aromatic N) is 1. The van der Waals surface area contributed by atoms with Crippen molar-refractivity contribution < 1.29 is 27.5 Å². The summed E-state index contributed by atoms with van der Waals surface area (Å²) in [6, 6.07) is 12.4. The lowest BCUT2D eigenvalue weighted by Gasteiger charge is -2.20. The van der Waals surface area contributed by atoms with Crippen molar-refractivity contribution in [3.63, 3.8) is 0 Å². The van der Waals surface area contributed by atoms with Gasteiger partial charge in [0.2, 0.25) is 0 Å². The standard InChI is InChI=1S/C19H15ClF3NO3/c1-27-16-8-6-15(7-9-16)24(11-10-18(26)19(21,22)23)12-17(25)13-2-4-14(20)5-3-13/h2-11H,12H2,1H3/b11-10+. The van der Waals surface area contributed by atoms with Crippen LogP contribution in [0, 0.1) is 0 Å². The van der Waals surface area contributed by atoms with Crippen molar-refractivity contribution in [2.24, 2.45) is 0 Å². The van der Waals surface area contributed by atoms with Crippen LogP contribution in [0.25, 0.3) is 0 Å². The zero-order valence-corrected chi connectivity index (χ0v) is 14.9. The lowest BCUT2D eigenvalue weighted by Crippen LogP contribution is -2.26. The molecule has 0 aliphatic heterocycles. The number of allylic oxidation sites excluding steroid dienone is 1. The Morgan fingerprint density at radius 3 is 2.19 bits per heavy atom. The fraction of sp³-hybridized carbons (Fsp3) is 0.158. The van der Waals surface area contributed by atoms with Gasteiger partial charge in [0.15, 0.2) is 5.78 Å². The number of ether oxygens (including phenoxy) is 1. The van der Waals surface area contributed by atoms with Gasteiger partial charge in [-0.2, -0.15) is 13.2 Å². The van der Waals surface area contributed by atoms with E-state index in [0.29, 0.717) is 28.1 Å². The van der Waals surface area contributed by atoms with Gasteiger partial charge in [-0.3, -0.25) is 9.59 Å². The predicted octanol–water partition coefficient (Wildman–Crippen LogP) is 4.68. The molecule has 0 fully saturated rings. The van der Waals surface area contributed by atoms with Crippen molar-refractivity contribution in [1.29, 1.82) is 0 Å². The highest BCUT2D eigenvalue weighted by Gasteiger charge is 2.36. The van der Waals surface area contributed by atoms with Gasteiger partial charge in [0.25, 0.3) is 5.78 Å². The average Bonchev–Trinajstić information content (AvgIpc) is 2.64. The highest BCUT2D eigenvalue weighted by Crippen LogP contribution is 2.22. The maximum atomic E-state index is 12.5. The second-order valence-corrected chi connectivity index (χ2v) is 5.87. The second kappa shape index (κ2) is 8.73. The summed E-state index contributed by atoms with van der Waals surface area (Å²) >= 11 is 5.79. The van der Waals surface area contributed by atoms with Crippen molar-refractivity contribution in [2.45, 2.75) is 6.18 Å². The fourth-order valence-corrected chi connectivity index (χ4v) is 2.26. The van der Waals surface area contributed by atoms with E-state index in [-0.39, 0.29) is 12.3 Å². The molecule has 0 atom stereocenters. The third kappa shape index (κ3) is 5.86. The first-order chi connectivity index (χ1) is 12.7. The van der Waals surface area contributed by atoms with Crippen LogP contribution < -0.4 is 9.64 Å². The molecule has 2 aromatic rings. The largest absolute Gasteiger partial charge is 0.497 e. The SMILES string of the molecule is COc1ccc(N(/C=C/C(=O)C(F)(F)F)CC(=O)c2ccc(Cl)cc2)cc1. The van der Waals surface area contributed by atoms with E-state index in [4.69, 9.17) is 16.3 Å². The lowest BCUT2D eigenvalue weighted by molar-refractivity contribution is -0.165. The molecule has 2 rings (SSSR count). The molecule has 0 amide bonds. The number of benzene rings is 2. The number of carbonyl (C=O) groups excluding carboxylic acids is 2. The normalized spacial score (nSPS) is 11.4. The Labute approximate surface area is 158 Å². The number of hydrogen-bond donors (Lipinski definition) is 0. The topological polar surface area (TPSA) is 46.6 Å². The summed E-state index contributed by atoms with van der Waals surface area (Å²) in [4.78, 5) is 24.8. The molecule has 0 heterocycles. The van der Waals surface area contributed by atoms with Gasteiger partial charge < -0.3 is 9.64 Å². The average molecular weight is 398 g/mol. The van der Waals surface area contributed by atoms with Crippen molar-refractivity contribution in [1.82, 2.24) is 0 Å². The predicted molar refractivity (Wildman–Crippen MR) is 96.3 cm³/mol. The molecule has 27 heavy (non-hydrogen) atoms. The molecule has 8 heteroatoms. The maximum absolute atomic E-state index is 12.5. The third-order valence-corrected chi connectivity index (χ3v) is 3.82. The number of carbonyl (C=O) groups is 2. The number of ketones is 2. The van der Waals surface area contributed by atoms with Crippen LogP contribution in [0.1, 0.15) is 10.4 Å². The molecule has 0 saturated carbocycles. The third-order valence-electron chi connectivity index (χ3n) is 3.57. The maximum Gasteiger partial charge on any atom is 0.454 e. The van der Waals surface area contributed by atoms with Gasteiger partial charge in [-0.1, -0.05) is 11.6 Å². The molecular weight excluding hydrogens is 383 g/mol. The van der Waals surface area contributed by atoms with Gasteiger partial charge in [0, 0.05) is 28.5 Å². The van der Waals surface area contributed by atoms with Crippen LogP contribution in [0.15, 0.2) is 60.8 Å². The second-order valence-electron chi connectivity index (χ2n) is 5.43. The van der Waals surface area contributed by atoms with E-state index in [0.717, 1.165) is 6.20 Å². The lowest BCUT2D eigenvalue weighted by atomic mass is 10.1. The Bertz CT molecular complexity index is 831. The number of alkyl halides is 3. The van der Waals surface area contributed by atoms with Gasteiger partial charge in [0.1, 0.15) is 5.75 Å². The molecule has 4 nitrogen and oxygen atoms in total. The van der Waals surface area contributed by atoms with Crippen molar-refractivity contribution >= 4 is 28.9 Å². The number of methoxy groups -OCH3 is 1. The van der Waals surface area contributed by atoms with Gasteiger partial charge in [-0.25, -0.2) is 0 Å². The molecule has 0 saturated heterocycles. The number of anilines is 1. The van der Waals surface area contributed by atoms with Crippen LogP contribution in [0.5, 0.6) is 5.75 Å². The molecular formula is C19H15ClF3NO3. The van der Waals surface area contributed by atoms with Crippen LogP contribution in [0.2, 0.25) is 5.02 Å². The quantitative estimate of drug-likeness (QED) is 0.502. The molecule has 0 aliphatic carbocycles. The zero-order valence-electron chi connectivity index (χ0n) is 14.2. The Hall–Kier alpha value is -2.80. The van der Waals surface area contributed by atoms with E-state index in [1.807, 2.05) is 0 Å². The van der Waals surface area contributed by atoms with Crippen LogP contribution in [0.4, 0.5) is 18.9 Å². The molecule has 0 aromatic heterocycles. The molecule has 0 radical (unpaired) electrons. The van der Waals surface area contributed by atoms with Crippen LogP contribution in [-0.4, -0.2) is 31.4 Å². The van der Waals surface area contributed by atoms with Crippen LogP contribution in [0.3, 0.4) is 0 Å². The van der Waals surface area contributed by atoms with Gasteiger partial charge in [-0.05, 0) is 48.5 Å². The first-order valence-corrected chi connectivity index (χ1v) is 8.07. The molecule has 142 valence electrons. The summed E-state index contributed by atoms with van der Waals surface area (Å²) in [5, 5.41) is 0.453. The van der Waals surface area contributed by atoms with Crippen molar-refractivity contribution in [3.05, 3.63) is 71.4 Å². The molecule has 0 unspecified atom stereocenters. The highest BCUT2D eigenvalue weighted by molar-refractivity contribution is 6.30. The van der Waals surface area contributed by atoms with E-state index in [9.17, 15) is 22.8 Å². The minimum absolute atomic E-state index is 0.268. The van der Waals surface area contributed by atoms with E-state index in [2.05, 4.69) is 0 Å². The summed E-state index contributed by atoms with van der Waals surface area (Å²) in [6.45, 7) is -0.268. The van der Waals surface area contributed by atoms with Crippen LogP contribution in [-0.2, 0) is 4.79 Å². The van der Waals surface area contributed by atoms with E-state index >= 15 is 0 Å². The summed E-state index contributed by atoms with van der Waals surface area (Å²) in [7, 11) is 1.47. The summed E-state index contributed by atoms with van der Waals surface area (Å²) < 4.78 is 42.4. The minimum atomic E-state index is -4.98. The first kappa shape index (κ1) is 20.5. The molecule has 0 N–H and O–H groups in total. The first-order valence-electron chi connectivity index (χ1n) is 7.69. The number of rotatable bonds is 7. The Kier molecular flexibility index (Phi) is 6.63. The van der Waals surface area contributed by atoms with Gasteiger partial charge in [0.05, 0.1) is 13.7 Å². The van der Waals surface area contributed by atoms with E-state index in [1.54, 1.807) is 24.3 Å². The smallest absolute Gasteiger partial charge is 0.454 e. The summed E-state index contributed by atoms with van der Waals surface area (Å²) in [5.74, 6) is -1.83. The van der Waals surface area contributed by atoms with Gasteiger partial charge >= 0.3 is 6.18 Å². The summed E-state index contributed by atoms with van der Waals surface area (Å²) in [5.41, 5.74) is 0.762. The zero-order chi connectivity index (χ0) is 20.0. The number of hydrogen-bond acceptors (Lipinski definition) is 4. The monoisotopic (exact) mass is 397 g/mol. The van der Waals surface area contributed by atoms with E-state index < -0.39 is 12.0 Å². The highest BCUT2D eigenvalue weighted by atomic mass is 35.5. The number of Topliss-reactive ketones (excluding diaryl/α,β-unsaturated/α-hetero) is 1. The Morgan fingerprint density at radius 2 is 1.67 bits per heavy atom. The van der Waals surface area contributed by atoms with Crippen LogP contribution >= 0.6 is 11.6 Å². The van der Waals surface area contributed by atoms with E-state index in [1.165, 1.54) is 36.3 Å². The molecule has 2 aromatic carbocycles.